The normalized spacial score (nSPS) is 12.0. The second kappa shape index (κ2) is 65.7. The van der Waals surface area contributed by atoms with Crippen LogP contribution >= 0.6 is 0 Å². The third-order valence-electron chi connectivity index (χ3n) is 16.0. The van der Waals surface area contributed by atoms with Gasteiger partial charge in [-0.05, 0) is 44.9 Å². The Bertz CT molecular complexity index is 1180. The molecule has 0 heterocycles. The van der Waals surface area contributed by atoms with Crippen LogP contribution in [-0.4, -0.2) is 37.2 Å². The Morgan fingerprint density at radius 1 is 0.250 bits per heavy atom. The van der Waals surface area contributed by atoms with Crippen LogP contribution in [0.4, 0.5) is 0 Å². The van der Waals surface area contributed by atoms with Crippen LogP contribution in [0.2, 0.25) is 0 Å². The molecular formula is C70H134O6. The van der Waals surface area contributed by atoms with Crippen molar-refractivity contribution >= 4 is 17.9 Å². The zero-order valence-electron chi connectivity index (χ0n) is 51.8. The largest absolute Gasteiger partial charge is 0.462 e. The summed E-state index contributed by atoms with van der Waals surface area (Å²) in [5.41, 5.74) is 0. The van der Waals surface area contributed by atoms with Crippen molar-refractivity contribution < 1.29 is 28.6 Å². The van der Waals surface area contributed by atoms with Crippen molar-refractivity contribution in [1.29, 1.82) is 0 Å². The van der Waals surface area contributed by atoms with E-state index in [4.69, 9.17) is 14.2 Å². The molecule has 0 aromatic rings. The molecule has 6 nitrogen and oxygen atoms in total. The lowest BCUT2D eigenvalue weighted by Gasteiger charge is -2.18. The quantitative estimate of drug-likeness (QED) is 0.0261. The van der Waals surface area contributed by atoms with Crippen molar-refractivity contribution in [2.24, 2.45) is 0 Å². The maximum atomic E-state index is 12.9. The lowest BCUT2D eigenvalue weighted by atomic mass is 10.0. The van der Waals surface area contributed by atoms with Gasteiger partial charge in [0, 0.05) is 19.3 Å². The molecule has 0 saturated heterocycles. The summed E-state index contributed by atoms with van der Waals surface area (Å²) in [4.78, 5) is 38.4. The van der Waals surface area contributed by atoms with Gasteiger partial charge in [-0.15, -0.1) is 0 Å². The van der Waals surface area contributed by atoms with Gasteiger partial charge in [0.15, 0.2) is 6.10 Å². The lowest BCUT2D eigenvalue weighted by Crippen LogP contribution is -2.30. The first kappa shape index (κ1) is 74.2. The fourth-order valence-electron chi connectivity index (χ4n) is 10.8. The highest BCUT2D eigenvalue weighted by molar-refractivity contribution is 5.71. The van der Waals surface area contributed by atoms with E-state index in [-0.39, 0.29) is 31.1 Å². The fourth-order valence-corrected chi connectivity index (χ4v) is 10.8. The van der Waals surface area contributed by atoms with E-state index in [1.807, 2.05) is 0 Å². The van der Waals surface area contributed by atoms with Gasteiger partial charge < -0.3 is 14.2 Å². The van der Waals surface area contributed by atoms with E-state index in [2.05, 4.69) is 32.9 Å². The summed E-state index contributed by atoms with van der Waals surface area (Å²) in [7, 11) is 0. The van der Waals surface area contributed by atoms with Crippen molar-refractivity contribution in [1.82, 2.24) is 0 Å². The summed E-state index contributed by atoms with van der Waals surface area (Å²) in [6.45, 7) is 6.73. The van der Waals surface area contributed by atoms with Gasteiger partial charge in [0.1, 0.15) is 13.2 Å². The monoisotopic (exact) mass is 1070 g/mol. The van der Waals surface area contributed by atoms with Gasteiger partial charge in [-0.1, -0.05) is 348 Å². The molecule has 0 aliphatic rings. The van der Waals surface area contributed by atoms with Crippen LogP contribution in [-0.2, 0) is 28.6 Å². The number of unbranched alkanes of at least 4 members (excludes halogenated alkanes) is 52. The van der Waals surface area contributed by atoms with Gasteiger partial charge in [-0.2, -0.15) is 0 Å². The first-order valence-corrected chi connectivity index (χ1v) is 34.7. The lowest BCUT2D eigenvalue weighted by molar-refractivity contribution is -0.167. The average Bonchev–Trinajstić information content (AvgIpc) is 3.42. The van der Waals surface area contributed by atoms with E-state index >= 15 is 0 Å². The van der Waals surface area contributed by atoms with Crippen LogP contribution in [0.15, 0.2) is 12.2 Å². The fraction of sp³-hybridized carbons (Fsp3) is 0.929. The Kier molecular flexibility index (Phi) is 64.1. The average molecular weight is 1070 g/mol. The van der Waals surface area contributed by atoms with Gasteiger partial charge in [0.2, 0.25) is 0 Å². The van der Waals surface area contributed by atoms with Crippen LogP contribution < -0.4 is 0 Å². The molecule has 0 radical (unpaired) electrons. The van der Waals surface area contributed by atoms with Crippen molar-refractivity contribution in [2.75, 3.05) is 13.2 Å². The van der Waals surface area contributed by atoms with Crippen LogP contribution in [0.1, 0.15) is 400 Å². The summed E-state index contributed by atoms with van der Waals surface area (Å²) in [5.74, 6) is -0.833. The predicted octanol–water partition coefficient (Wildman–Crippen LogP) is 23.6. The number of hydrogen-bond acceptors (Lipinski definition) is 6. The highest BCUT2D eigenvalue weighted by atomic mass is 16.6. The first-order chi connectivity index (χ1) is 37.5. The Labute approximate surface area is 475 Å². The molecule has 0 aromatic carbocycles. The number of carbonyl (C=O) groups excluding carboxylic acids is 3. The van der Waals surface area contributed by atoms with E-state index < -0.39 is 6.10 Å². The van der Waals surface area contributed by atoms with Gasteiger partial charge in [0.05, 0.1) is 0 Å². The highest BCUT2D eigenvalue weighted by Gasteiger charge is 2.19. The zero-order chi connectivity index (χ0) is 55.0. The molecule has 0 bridgehead atoms. The second-order valence-electron chi connectivity index (χ2n) is 23.8. The zero-order valence-corrected chi connectivity index (χ0v) is 51.8. The molecule has 0 aliphatic carbocycles. The standard InChI is InChI=1S/C70H134O6/c1-4-7-10-13-16-19-22-25-28-31-33-34-35-37-39-42-45-48-51-54-57-60-63-69(72)75-66-67(65-74-68(71)62-59-56-53-50-47-44-41-38-30-27-24-21-18-15-12-9-6-3)76-70(73)64-61-58-55-52-49-46-43-40-36-32-29-26-23-20-17-14-11-8-5-2/h27,30,67H,4-26,28-29,31-66H2,1-3H3/b30-27-. The van der Waals surface area contributed by atoms with Crippen LogP contribution in [0, 0.1) is 0 Å². The van der Waals surface area contributed by atoms with Gasteiger partial charge in [-0.25, -0.2) is 0 Å². The number of rotatable bonds is 65. The molecule has 0 rings (SSSR count). The molecule has 0 aromatic heterocycles. The van der Waals surface area contributed by atoms with Gasteiger partial charge in [-0.3, -0.25) is 14.4 Å². The minimum atomic E-state index is -0.768. The van der Waals surface area contributed by atoms with E-state index in [0.29, 0.717) is 19.3 Å². The Balaban J connectivity index is 4.28. The number of esters is 3. The molecule has 450 valence electrons. The second-order valence-corrected chi connectivity index (χ2v) is 23.8. The van der Waals surface area contributed by atoms with Crippen LogP contribution in [0.5, 0.6) is 0 Å². The molecular weight excluding hydrogens is 937 g/mol. The molecule has 0 saturated carbocycles. The summed E-state index contributed by atoms with van der Waals surface area (Å²) in [6, 6.07) is 0. The van der Waals surface area contributed by atoms with Gasteiger partial charge >= 0.3 is 17.9 Å². The minimum Gasteiger partial charge on any atom is -0.462 e. The Morgan fingerprint density at radius 2 is 0.434 bits per heavy atom. The van der Waals surface area contributed by atoms with Crippen molar-refractivity contribution in [3.63, 3.8) is 0 Å². The van der Waals surface area contributed by atoms with Gasteiger partial charge in [0.25, 0.3) is 0 Å². The minimum absolute atomic E-state index is 0.0642. The SMILES string of the molecule is CCCCCCCC/C=C\CCCCCCCCCC(=O)OCC(COC(=O)CCCCCCCCCCCCCCCCCCCCCCCC)OC(=O)CCCCCCCCCCCCCCCCCCCCC. The molecule has 0 N–H and O–H groups in total. The summed E-state index contributed by atoms with van der Waals surface area (Å²) >= 11 is 0. The number of ether oxygens (including phenoxy) is 3. The van der Waals surface area contributed by atoms with E-state index in [9.17, 15) is 14.4 Å². The van der Waals surface area contributed by atoms with Crippen molar-refractivity contribution in [3.05, 3.63) is 12.2 Å². The van der Waals surface area contributed by atoms with E-state index in [1.165, 1.54) is 302 Å². The summed E-state index contributed by atoms with van der Waals surface area (Å²) in [6.07, 6.45) is 78.0. The molecule has 6 heteroatoms. The topological polar surface area (TPSA) is 78.9 Å². The van der Waals surface area contributed by atoms with Crippen molar-refractivity contribution in [3.8, 4) is 0 Å². The molecule has 0 fully saturated rings. The summed E-state index contributed by atoms with van der Waals surface area (Å²) in [5, 5.41) is 0. The van der Waals surface area contributed by atoms with Crippen LogP contribution in [0.3, 0.4) is 0 Å². The first-order valence-electron chi connectivity index (χ1n) is 34.7. The number of allylic oxidation sites excluding steroid dienone is 2. The van der Waals surface area contributed by atoms with Crippen molar-refractivity contribution in [2.45, 2.75) is 406 Å². The molecule has 0 spiro atoms. The third-order valence-corrected chi connectivity index (χ3v) is 16.0. The Morgan fingerprint density at radius 3 is 0.658 bits per heavy atom. The predicted molar refractivity (Wildman–Crippen MR) is 330 cm³/mol. The highest BCUT2D eigenvalue weighted by Crippen LogP contribution is 2.19. The van der Waals surface area contributed by atoms with E-state index in [1.54, 1.807) is 0 Å². The molecule has 1 unspecified atom stereocenters. The number of carbonyl (C=O) groups is 3. The summed E-state index contributed by atoms with van der Waals surface area (Å²) < 4.78 is 17.0. The molecule has 0 amide bonds. The van der Waals surface area contributed by atoms with Crippen LogP contribution in [0.25, 0.3) is 0 Å². The third kappa shape index (κ3) is 63.0. The maximum Gasteiger partial charge on any atom is 0.306 e. The molecule has 1 atom stereocenters. The number of hydrogen-bond donors (Lipinski definition) is 0. The van der Waals surface area contributed by atoms with E-state index in [0.717, 1.165) is 57.8 Å². The molecule has 0 aliphatic heterocycles. The smallest absolute Gasteiger partial charge is 0.306 e. The molecule has 76 heavy (non-hydrogen) atoms. The maximum absolute atomic E-state index is 12.9. The Hall–Kier alpha value is -1.85.